The number of carbonyl (C=O) groups excluding carboxylic acids is 2. The molecule has 6 heteroatoms. The quantitative estimate of drug-likeness (QED) is 0.852. The molecule has 26 heavy (non-hydrogen) atoms. The molecule has 0 atom stereocenters. The number of nitrogens with one attached hydrogen (secondary N) is 1. The fourth-order valence-electron chi connectivity index (χ4n) is 3.07. The van der Waals surface area contributed by atoms with Crippen molar-refractivity contribution >= 4 is 23.3 Å². The number of hydrogen-bond donors (Lipinski definition) is 1. The molecular formula is C20H23N3O3. The molecule has 1 aromatic heterocycles. The monoisotopic (exact) mass is 353 g/mol. The zero-order valence-electron chi connectivity index (χ0n) is 14.9. The molecule has 2 aromatic rings. The van der Waals surface area contributed by atoms with Crippen LogP contribution in [0.4, 0.5) is 11.4 Å². The predicted molar refractivity (Wildman–Crippen MR) is 101 cm³/mol. The number of anilines is 2. The highest BCUT2D eigenvalue weighted by Gasteiger charge is 2.14. The normalized spacial score (nSPS) is 14.4. The molecule has 0 unspecified atom stereocenters. The van der Waals surface area contributed by atoms with E-state index in [1.165, 1.54) is 32.8 Å². The lowest BCUT2D eigenvalue weighted by atomic mass is 10.2. The second-order valence-corrected chi connectivity index (χ2v) is 6.32. The van der Waals surface area contributed by atoms with Gasteiger partial charge in [0.15, 0.2) is 0 Å². The van der Waals surface area contributed by atoms with Crippen LogP contribution in [0.1, 0.15) is 46.5 Å². The number of amides is 1. The summed E-state index contributed by atoms with van der Waals surface area (Å²) in [4.78, 5) is 30.5. The Balaban J connectivity index is 1.69. The van der Waals surface area contributed by atoms with E-state index in [0.717, 1.165) is 18.8 Å². The summed E-state index contributed by atoms with van der Waals surface area (Å²) in [6, 6.07) is 10.4. The van der Waals surface area contributed by atoms with Crippen molar-refractivity contribution in [2.24, 2.45) is 0 Å². The van der Waals surface area contributed by atoms with E-state index in [-0.39, 0.29) is 5.91 Å². The molecule has 0 saturated carbocycles. The van der Waals surface area contributed by atoms with E-state index in [4.69, 9.17) is 0 Å². The molecule has 1 aromatic carbocycles. The van der Waals surface area contributed by atoms with Crippen molar-refractivity contribution in [1.82, 2.24) is 4.98 Å². The molecule has 6 nitrogen and oxygen atoms in total. The zero-order valence-corrected chi connectivity index (χ0v) is 14.9. The van der Waals surface area contributed by atoms with Gasteiger partial charge in [-0.3, -0.25) is 9.78 Å². The van der Waals surface area contributed by atoms with Gasteiger partial charge in [-0.05, 0) is 49.2 Å². The van der Waals surface area contributed by atoms with E-state index < -0.39 is 5.97 Å². The second kappa shape index (κ2) is 8.47. The minimum atomic E-state index is -0.408. The number of pyridine rings is 1. The number of methoxy groups -OCH3 is 1. The Bertz CT molecular complexity index is 766. The first kappa shape index (κ1) is 17.9. The van der Waals surface area contributed by atoms with Crippen molar-refractivity contribution in [3.63, 3.8) is 0 Å². The van der Waals surface area contributed by atoms with E-state index in [0.29, 0.717) is 16.9 Å². The number of ether oxygens (including phenoxy) is 1. The van der Waals surface area contributed by atoms with Crippen molar-refractivity contribution in [2.75, 3.05) is 30.4 Å². The van der Waals surface area contributed by atoms with Crippen molar-refractivity contribution in [1.29, 1.82) is 0 Å². The van der Waals surface area contributed by atoms with Crippen molar-refractivity contribution in [3.8, 4) is 0 Å². The number of carbonyl (C=O) groups is 2. The van der Waals surface area contributed by atoms with Gasteiger partial charge in [-0.2, -0.15) is 0 Å². The van der Waals surface area contributed by atoms with E-state index >= 15 is 0 Å². The Morgan fingerprint density at radius 2 is 1.73 bits per heavy atom. The first-order valence-corrected chi connectivity index (χ1v) is 8.88. The minimum absolute atomic E-state index is 0.271. The van der Waals surface area contributed by atoms with Gasteiger partial charge in [0.05, 0.1) is 12.7 Å². The molecule has 2 heterocycles. The topological polar surface area (TPSA) is 71.5 Å². The van der Waals surface area contributed by atoms with Crippen LogP contribution in [0, 0.1) is 0 Å². The van der Waals surface area contributed by atoms with Gasteiger partial charge in [-0.25, -0.2) is 4.79 Å². The Hall–Kier alpha value is -2.89. The molecule has 0 radical (unpaired) electrons. The lowest BCUT2D eigenvalue weighted by Crippen LogP contribution is -2.24. The summed E-state index contributed by atoms with van der Waals surface area (Å²) in [5.74, 6) is -0.679. The van der Waals surface area contributed by atoms with Crippen molar-refractivity contribution in [3.05, 3.63) is 53.9 Å². The summed E-state index contributed by atoms with van der Waals surface area (Å²) >= 11 is 0. The Kier molecular flexibility index (Phi) is 5.84. The molecule has 0 spiro atoms. The van der Waals surface area contributed by atoms with Crippen LogP contribution in [0.2, 0.25) is 0 Å². The van der Waals surface area contributed by atoms with Crippen LogP contribution in [0.5, 0.6) is 0 Å². The number of rotatable bonds is 4. The Labute approximate surface area is 153 Å². The van der Waals surface area contributed by atoms with Crippen molar-refractivity contribution in [2.45, 2.75) is 25.7 Å². The summed E-state index contributed by atoms with van der Waals surface area (Å²) < 4.78 is 4.67. The van der Waals surface area contributed by atoms with Gasteiger partial charge in [0.1, 0.15) is 5.69 Å². The molecule has 1 aliphatic rings. The third kappa shape index (κ3) is 4.39. The molecule has 1 amide bonds. The lowest BCUT2D eigenvalue weighted by molar-refractivity contribution is 0.0600. The van der Waals surface area contributed by atoms with Gasteiger partial charge >= 0.3 is 5.97 Å². The van der Waals surface area contributed by atoms with Gasteiger partial charge < -0.3 is 15.0 Å². The number of hydrogen-bond acceptors (Lipinski definition) is 5. The first-order chi connectivity index (χ1) is 12.7. The largest absolute Gasteiger partial charge is 0.465 e. The number of nitrogens with zero attached hydrogens (tertiary/aromatic N) is 2. The van der Waals surface area contributed by atoms with E-state index in [1.807, 2.05) is 12.1 Å². The van der Waals surface area contributed by atoms with Crippen LogP contribution < -0.4 is 10.2 Å². The molecule has 3 rings (SSSR count). The average molecular weight is 353 g/mol. The van der Waals surface area contributed by atoms with Gasteiger partial charge in [0.2, 0.25) is 0 Å². The molecule has 1 N–H and O–H groups in total. The molecule has 1 fully saturated rings. The van der Waals surface area contributed by atoms with Crippen LogP contribution in [0.25, 0.3) is 0 Å². The Morgan fingerprint density at radius 3 is 2.38 bits per heavy atom. The summed E-state index contributed by atoms with van der Waals surface area (Å²) in [7, 11) is 1.33. The summed E-state index contributed by atoms with van der Waals surface area (Å²) in [6.07, 6.45) is 6.55. The molecule has 1 saturated heterocycles. The fourth-order valence-corrected chi connectivity index (χ4v) is 3.07. The molecule has 1 aliphatic heterocycles. The Morgan fingerprint density at radius 1 is 1.04 bits per heavy atom. The summed E-state index contributed by atoms with van der Waals surface area (Å²) in [6.45, 7) is 2.03. The van der Waals surface area contributed by atoms with Crippen LogP contribution >= 0.6 is 0 Å². The zero-order chi connectivity index (χ0) is 18.4. The first-order valence-electron chi connectivity index (χ1n) is 8.88. The van der Waals surface area contributed by atoms with Crippen LogP contribution in [0.3, 0.4) is 0 Å². The number of benzene rings is 1. The van der Waals surface area contributed by atoms with Crippen LogP contribution in [-0.4, -0.2) is 37.1 Å². The maximum Gasteiger partial charge on any atom is 0.337 e. The SMILES string of the molecule is COC(=O)c1ccc(NC(=O)c2cc(N3CCCCCC3)ccn2)cc1. The molecular weight excluding hydrogens is 330 g/mol. The third-order valence-corrected chi connectivity index (χ3v) is 4.51. The maximum absolute atomic E-state index is 12.5. The fraction of sp³-hybridized carbons (Fsp3) is 0.350. The van der Waals surface area contributed by atoms with Gasteiger partial charge in [-0.1, -0.05) is 12.8 Å². The van der Waals surface area contributed by atoms with E-state index in [1.54, 1.807) is 30.5 Å². The summed E-state index contributed by atoms with van der Waals surface area (Å²) in [5.41, 5.74) is 2.45. The average Bonchev–Trinajstić information content (AvgIpc) is 2.97. The standard InChI is InChI=1S/C20H23N3O3/c1-26-20(25)15-6-8-16(9-7-15)22-19(24)18-14-17(10-11-21-18)23-12-4-2-3-5-13-23/h6-11,14H,2-5,12-13H2,1H3,(H,22,24). The lowest BCUT2D eigenvalue weighted by Gasteiger charge is -2.22. The minimum Gasteiger partial charge on any atom is -0.465 e. The van der Waals surface area contributed by atoms with Crippen molar-refractivity contribution < 1.29 is 14.3 Å². The van der Waals surface area contributed by atoms with Gasteiger partial charge in [-0.15, -0.1) is 0 Å². The number of esters is 1. The van der Waals surface area contributed by atoms with Crippen LogP contribution in [0.15, 0.2) is 42.6 Å². The smallest absolute Gasteiger partial charge is 0.337 e. The second-order valence-electron chi connectivity index (χ2n) is 6.32. The molecule has 136 valence electrons. The highest BCUT2D eigenvalue weighted by Crippen LogP contribution is 2.20. The molecule has 0 aliphatic carbocycles. The molecule has 0 bridgehead atoms. The highest BCUT2D eigenvalue weighted by atomic mass is 16.5. The predicted octanol–water partition coefficient (Wildman–Crippen LogP) is 3.50. The number of aromatic nitrogens is 1. The third-order valence-electron chi connectivity index (χ3n) is 4.51. The highest BCUT2D eigenvalue weighted by molar-refractivity contribution is 6.03. The van der Waals surface area contributed by atoms with E-state index in [2.05, 4.69) is 19.9 Å². The maximum atomic E-state index is 12.5. The van der Waals surface area contributed by atoms with Crippen LogP contribution in [-0.2, 0) is 4.74 Å². The van der Waals surface area contributed by atoms with E-state index in [9.17, 15) is 9.59 Å². The van der Waals surface area contributed by atoms with Gasteiger partial charge in [0, 0.05) is 30.7 Å². The summed E-state index contributed by atoms with van der Waals surface area (Å²) in [5, 5.41) is 2.81. The van der Waals surface area contributed by atoms with Gasteiger partial charge in [0.25, 0.3) is 5.91 Å².